The molecule has 1 aromatic carbocycles. The lowest BCUT2D eigenvalue weighted by Crippen LogP contribution is -2.43. The molecule has 3 nitrogen and oxygen atoms in total. The molecule has 0 aliphatic carbocycles. The average Bonchev–Trinajstić information content (AvgIpc) is 2.70. The van der Waals surface area contributed by atoms with Crippen molar-refractivity contribution in [3.63, 3.8) is 0 Å². The van der Waals surface area contributed by atoms with Crippen LogP contribution in [0.4, 0.5) is 5.69 Å². The zero-order valence-electron chi connectivity index (χ0n) is 11.0. The molecule has 1 N–H and O–H groups in total. The zero-order chi connectivity index (χ0) is 13.0. The second-order valence-corrected chi connectivity index (χ2v) is 5.02. The predicted octanol–water partition coefficient (Wildman–Crippen LogP) is 2.35. The minimum atomic E-state index is 0.435. The van der Waals surface area contributed by atoms with Gasteiger partial charge in [-0.2, -0.15) is 0 Å². The molecule has 1 aromatic rings. The van der Waals surface area contributed by atoms with Crippen LogP contribution in [-0.2, 0) is 11.2 Å². The Labute approximate surface area is 114 Å². The lowest BCUT2D eigenvalue weighted by Gasteiger charge is -2.26. The van der Waals surface area contributed by atoms with E-state index in [-0.39, 0.29) is 0 Å². The number of para-hydroxylation sites is 1. The van der Waals surface area contributed by atoms with Gasteiger partial charge < -0.3 is 15.0 Å². The Hall–Kier alpha value is -1.13. The molecule has 1 heterocycles. The van der Waals surface area contributed by atoms with Crippen LogP contribution in [0.3, 0.4) is 0 Å². The van der Waals surface area contributed by atoms with Crippen molar-refractivity contribution in [2.75, 3.05) is 25.2 Å². The van der Waals surface area contributed by atoms with Gasteiger partial charge in [-0.25, -0.2) is 0 Å². The molecule has 1 aliphatic heterocycles. The van der Waals surface area contributed by atoms with Gasteiger partial charge in [-0.1, -0.05) is 18.2 Å². The van der Waals surface area contributed by atoms with Gasteiger partial charge >= 0.3 is 0 Å². The molecule has 0 amide bonds. The Morgan fingerprint density at radius 1 is 1.50 bits per heavy atom. The Morgan fingerprint density at radius 3 is 3.06 bits per heavy atom. The van der Waals surface area contributed by atoms with Crippen LogP contribution in [0.15, 0.2) is 24.3 Å². The lowest BCUT2D eigenvalue weighted by atomic mass is 10.1. The Kier molecular flexibility index (Phi) is 4.55. The average molecular weight is 264 g/mol. The maximum atomic E-state index is 5.49. The summed E-state index contributed by atoms with van der Waals surface area (Å²) >= 11 is 5.49. The molecule has 0 saturated carbocycles. The van der Waals surface area contributed by atoms with Gasteiger partial charge in [0.25, 0.3) is 0 Å². The molecule has 0 spiro atoms. The van der Waals surface area contributed by atoms with Gasteiger partial charge in [0, 0.05) is 32.0 Å². The van der Waals surface area contributed by atoms with E-state index in [0.717, 1.165) is 31.1 Å². The highest BCUT2D eigenvalue weighted by Gasteiger charge is 2.27. The lowest BCUT2D eigenvalue weighted by molar-refractivity contribution is 0.195. The number of hydrogen-bond acceptors (Lipinski definition) is 2. The van der Waals surface area contributed by atoms with Gasteiger partial charge in [-0.05, 0) is 43.6 Å². The molecule has 2 rings (SSSR count). The highest BCUT2D eigenvalue weighted by Crippen LogP contribution is 2.31. The summed E-state index contributed by atoms with van der Waals surface area (Å²) in [6.07, 6.45) is 2.04. The molecule has 0 bridgehead atoms. The standard InChI is InChI=1S/C14H20N2OS/c1-11-10-12-6-3-4-7-13(12)16(11)14(18)15-8-5-9-17-2/h3-4,6-7,11H,5,8-10H2,1-2H3,(H,15,18)/t11-/m1/s1. The molecule has 0 aromatic heterocycles. The smallest absolute Gasteiger partial charge is 0.173 e. The molecule has 0 radical (unpaired) electrons. The fourth-order valence-electron chi connectivity index (χ4n) is 2.37. The van der Waals surface area contributed by atoms with Crippen LogP contribution in [0.25, 0.3) is 0 Å². The summed E-state index contributed by atoms with van der Waals surface area (Å²) in [5.74, 6) is 0. The van der Waals surface area contributed by atoms with E-state index in [9.17, 15) is 0 Å². The SMILES string of the molecule is COCCCNC(=S)N1c2ccccc2C[C@H]1C. The van der Waals surface area contributed by atoms with E-state index in [0.29, 0.717) is 6.04 Å². The van der Waals surface area contributed by atoms with Crippen LogP contribution in [0.2, 0.25) is 0 Å². The highest BCUT2D eigenvalue weighted by molar-refractivity contribution is 7.80. The third-order valence-corrected chi connectivity index (χ3v) is 3.57. The van der Waals surface area contributed by atoms with Gasteiger partial charge in [0.1, 0.15) is 0 Å². The van der Waals surface area contributed by atoms with Crippen molar-refractivity contribution in [2.45, 2.75) is 25.8 Å². The number of fused-ring (bicyclic) bond motifs is 1. The molecular weight excluding hydrogens is 244 g/mol. The first-order chi connectivity index (χ1) is 8.74. The van der Waals surface area contributed by atoms with Crippen molar-refractivity contribution in [1.82, 2.24) is 5.32 Å². The number of nitrogens with zero attached hydrogens (tertiary/aromatic N) is 1. The van der Waals surface area contributed by atoms with E-state index in [1.807, 2.05) is 0 Å². The van der Waals surface area contributed by atoms with Gasteiger partial charge in [0.15, 0.2) is 5.11 Å². The second kappa shape index (κ2) is 6.16. The molecule has 98 valence electrons. The van der Waals surface area contributed by atoms with Gasteiger partial charge in [0.2, 0.25) is 0 Å². The topological polar surface area (TPSA) is 24.5 Å². The third-order valence-electron chi connectivity index (χ3n) is 3.23. The zero-order valence-corrected chi connectivity index (χ0v) is 11.8. The summed E-state index contributed by atoms with van der Waals surface area (Å²) in [6, 6.07) is 8.91. The van der Waals surface area contributed by atoms with Crippen LogP contribution in [0.1, 0.15) is 18.9 Å². The molecule has 4 heteroatoms. The van der Waals surface area contributed by atoms with Crippen molar-refractivity contribution < 1.29 is 4.74 Å². The molecule has 1 atom stereocenters. The van der Waals surface area contributed by atoms with E-state index in [4.69, 9.17) is 17.0 Å². The van der Waals surface area contributed by atoms with Crippen LogP contribution in [0.5, 0.6) is 0 Å². The number of hydrogen-bond donors (Lipinski definition) is 1. The maximum absolute atomic E-state index is 5.49. The van der Waals surface area contributed by atoms with E-state index in [1.54, 1.807) is 7.11 Å². The van der Waals surface area contributed by atoms with Crippen molar-refractivity contribution in [1.29, 1.82) is 0 Å². The maximum Gasteiger partial charge on any atom is 0.173 e. The number of methoxy groups -OCH3 is 1. The normalized spacial score (nSPS) is 17.7. The van der Waals surface area contributed by atoms with Gasteiger partial charge in [-0.15, -0.1) is 0 Å². The summed E-state index contributed by atoms with van der Waals surface area (Å²) in [5, 5.41) is 4.13. The Bertz CT molecular complexity index is 422. The summed E-state index contributed by atoms with van der Waals surface area (Å²) in [5.41, 5.74) is 2.63. The Balaban J connectivity index is 1.98. The van der Waals surface area contributed by atoms with Crippen molar-refractivity contribution in [2.24, 2.45) is 0 Å². The largest absolute Gasteiger partial charge is 0.385 e. The molecule has 0 unspecified atom stereocenters. The molecule has 0 fully saturated rings. The van der Waals surface area contributed by atoms with Crippen LogP contribution < -0.4 is 10.2 Å². The van der Waals surface area contributed by atoms with Crippen LogP contribution in [0, 0.1) is 0 Å². The Morgan fingerprint density at radius 2 is 2.28 bits per heavy atom. The fourth-order valence-corrected chi connectivity index (χ4v) is 2.75. The molecule has 0 saturated heterocycles. The molecular formula is C14H20N2OS. The minimum Gasteiger partial charge on any atom is -0.385 e. The number of anilines is 1. The van der Waals surface area contributed by atoms with Gasteiger partial charge in [-0.3, -0.25) is 0 Å². The predicted molar refractivity (Wildman–Crippen MR) is 79.2 cm³/mol. The van der Waals surface area contributed by atoms with E-state index in [2.05, 4.69) is 41.4 Å². The van der Waals surface area contributed by atoms with E-state index >= 15 is 0 Å². The van der Waals surface area contributed by atoms with Crippen LogP contribution in [-0.4, -0.2) is 31.4 Å². The summed E-state index contributed by atoms with van der Waals surface area (Å²) in [6.45, 7) is 3.84. The molecule has 18 heavy (non-hydrogen) atoms. The van der Waals surface area contributed by atoms with Gasteiger partial charge in [0.05, 0.1) is 0 Å². The van der Waals surface area contributed by atoms with Crippen molar-refractivity contribution >= 4 is 23.0 Å². The number of benzene rings is 1. The van der Waals surface area contributed by atoms with Crippen LogP contribution >= 0.6 is 12.2 Å². The first kappa shape index (κ1) is 13.3. The fraction of sp³-hybridized carbons (Fsp3) is 0.500. The second-order valence-electron chi connectivity index (χ2n) is 4.63. The molecule has 1 aliphatic rings. The quantitative estimate of drug-likeness (QED) is 0.666. The van der Waals surface area contributed by atoms with E-state index < -0.39 is 0 Å². The number of ether oxygens (including phenoxy) is 1. The van der Waals surface area contributed by atoms with Crippen molar-refractivity contribution in [3.8, 4) is 0 Å². The third kappa shape index (κ3) is 2.82. The number of thiocarbonyl (C=S) groups is 1. The van der Waals surface area contributed by atoms with Crippen molar-refractivity contribution in [3.05, 3.63) is 29.8 Å². The monoisotopic (exact) mass is 264 g/mol. The summed E-state index contributed by atoms with van der Waals surface area (Å²) in [7, 11) is 1.72. The first-order valence-corrected chi connectivity index (χ1v) is 6.78. The first-order valence-electron chi connectivity index (χ1n) is 6.38. The summed E-state index contributed by atoms with van der Waals surface area (Å²) < 4.78 is 5.03. The summed E-state index contributed by atoms with van der Waals surface area (Å²) in [4.78, 5) is 2.22. The minimum absolute atomic E-state index is 0.435. The number of nitrogens with one attached hydrogen (secondary N) is 1. The highest BCUT2D eigenvalue weighted by atomic mass is 32.1. The number of rotatable bonds is 4. The van der Waals surface area contributed by atoms with E-state index in [1.165, 1.54) is 11.3 Å².